The molecule has 3 N–H and O–H groups in total. The Labute approximate surface area is 124 Å². The molecule has 7 heteroatoms. The zero-order chi connectivity index (χ0) is 13.3. The van der Waals surface area contributed by atoms with Gasteiger partial charge < -0.3 is 15.5 Å². The smallest absolute Gasteiger partial charge is 0.322 e. The summed E-state index contributed by atoms with van der Waals surface area (Å²) in [7, 11) is 1.29. The fraction of sp³-hybridized carbons (Fsp3) is 0.250. The van der Waals surface area contributed by atoms with E-state index in [-0.39, 0.29) is 18.2 Å². The number of H-pyrrole nitrogens is 1. The second-order valence-electron chi connectivity index (χ2n) is 3.96. The predicted octanol–water partition coefficient (Wildman–Crippen LogP) is 2.53. The van der Waals surface area contributed by atoms with Gasteiger partial charge in [0.1, 0.15) is 11.9 Å². The van der Waals surface area contributed by atoms with E-state index in [1.165, 1.54) is 19.2 Å². The van der Waals surface area contributed by atoms with Crippen molar-refractivity contribution in [1.82, 2.24) is 4.98 Å². The van der Waals surface area contributed by atoms with E-state index >= 15 is 0 Å². The van der Waals surface area contributed by atoms with E-state index in [4.69, 9.17) is 5.73 Å². The second-order valence-corrected chi connectivity index (χ2v) is 4.81. The molecule has 1 aromatic heterocycles. The minimum atomic E-state index is -0.731. The van der Waals surface area contributed by atoms with Crippen LogP contribution in [-0.4, -0.2) is 24.1 Å². The van der Waals surface area contributed by atoms with Crippen molar-refractivity contribution >= 4 is 45.2 Å². The molecule has 0 saturated carbocycles. The number of esters is 1. The van der Waals surface area contributed by atoms with Gasteiger partial charge in [0.2, 0.25) is 0 Å². The highest BCUT2D eigenvalue weighted by Gasteiger charge is 2.17. The molecule has 19 heavy (non-hydrogen) atoms. The molecule has 2 rings (SSSR count). The van der Waals surface area contributed by atoms with Crippen LogP contribution in [0.15, 0.2) is 22.8 Å². The summed E-state index contributed by atoms with van der Waals surface area (Å²) in [4.78, 5) is 14.2. The minimum absolute atomic E-state index is 0. The average molecular weight is 352 g/mol. The van der Waals surface area contributed by atoms with Crippen LogP contribution in [0.4, 0.5) is 4.39 Å². The topological polar surface area (TPSA) is 68.1 Å². The zero-order valence-corrected chi connectivity index (χ0v) is 12.5. The number of carbonyl (C=O) groups is 1. The molecular weight excluding hydrogens is 338 g/mol. The molecule has 0 fully saturated rings. The van der Waals surface area contributed by atoms with Crippen molar-refractivity contribution in [1.29, 1.82) is 0 Å². The molecule has 0 aliphatic carbocycles. The van der Waals surface area contributed by atoms with Crippen molar-refractivity contribution in [3.63, 3.8) is 0 Å². The maximum atomic E-state index is 13.2. The summed E-state index contributed by atoms with van der Waals surface area (Å²) in [6.45, 7) is 0. The van der Waals surface area contributed by atoms with Gasteiger partial charge in [0.15, 0.2) is 0 Å². The van der Waals surface area contributed by atoms with E-state index in [9.17, 15) is 9.18 Å². The minimum Gasteiger partial charge on any atom is -0.468 e. The largest absolute Gasteiger partial charge is 0.468 e. The van der Waals surface area contributed by atoms with Crippen molar-refractivity contribution in [3.05, 3.63) is 34.2 Å². The standard InChI is InChI=1S/C12H12BrFN2O2.ClH/c1-18-12(17)9(15)2-6-5-16-10-4-7(14)3-8(13)11(6)10;/h3-5,9,16H,2,15H2,1H3;1H. The van der Waals surface area contributed by atoms with Gasteiger partial charge in [0, 0.05) is 28.0 Å². The van der Waals surface area contributed by atoms with E-state index in [0.29, 0.717) is 16.4 Å². The van der Waals surface area contributed by atoms with E-state index < -0.39 is 12.0 Å². The first-order valence-corrected chi connectivity index (χ1v) is 6.10. The third-order valence-corrected chi connectivity index (χ3v) is 3.35. The summed E-state index contributed by atoms with van der Waals surface area (Å²) in [6, 6.07) is 2.04. The molecule has 1 unspecified atom stereocenters. The van der Waals surface area contributed by atoms with Crippen LogP contribution in [0.3, 0.4) is 0 Å². The Kier molecular flexibility index (Phi) is 5.34. The Morgan fingerprint density at radius 3 is 2.89 bits per heavy atom. The quantitative estimate of drug-likeness (QED) is 0.835. The number of rotatable bonds is 3. The fourth-order valence-electron chi connectivity index (χ4n) is 1.88. The zero-order valence-electron chi connectivity index (χ0n) is 10.1. The molecule has 0 aliphatic heterocycles. The number of benzene rings is 1. The Morgan fingerprint density at radius 1 is 1.58 bits per heavy atom. The third kappa shape index (κ3) is 3.26. The summed E-state index contributed by atoms with van der Waals surface area (Å²) in [5, 5.41) is 0.829. The van der Waals surface area contributed by atoms with Gasteiger partial charge >= 0.3 is 5.97 Å². The highest BCUT2D eigenvalue weighted by atomic mass is 79.9. The lowest BCUT2D eigenvalue weighted by molar-refractivity contribution is -0.142. The summed E-state index contributed by atoms with van der Waals surface area (Å²) < 4.78 is 18.4. The molecule has 1 atom stereocenters. The SMILES string of the molecule is COC(=O)C(N)Cc1c[nH]c2cc(F)cc(Br)c12.Cl. The van der Waals surface area contributed by atoms with Crippen molar-refractivity contribution < 1.29 is 13.9 Å². The maximum Gasteiger partial charge on any atom is 0.322 e. The number of nitrogens with two attached hydrogens (primary N) is 1. The fourth-order valence-corrected chi connectivity index (χ4v) is 2.57. The molecule has 104 valence electrons. The highest BCUT2D eigenvalue weighted by molar-refractivity contribution is 9.10. The van der Waals surface area contributed by atoms with Crippen LogP contribution in [-0.2, 0) is 16.0 Å². The number of ether oxygens (including phenoxy) is 1. The lowest BCUT2D eigenvalue weighted by Gasteiger charge is -2.08. The number of hydrogen-bond donors (Lipinski definition) is 2. The van der Waals surface area contributed by atoms with Crippen LogP contribution in [0, 0.1) is 5.82 Å². The van der Waals surface area contributed by atoms with Gasteiger partial charge in [-0.25, -0.2) is 4.39 Å². The average Bonchev–Trinajstić information content (AvgIpc) is 2.71. The summed E-state index contributed by atoms with van der Waals surface area (Å²) in [5.74, 6) is -0.803. The van der Waals surface area contributed by atoms with Crippen molar-refractivity contribution in [2.24, 2.45) is 5.73 Å². The van der Waals surface area contributed by atoms with Gasteiger partial charge in [-0.3, -0.25) is 4.79 Å². The second kappa shape index (κ2) is 6.36. The molecule has 0 saturated heterocycles. The summed E-state index contributed by atoms with van der Waals surface area (Å²) in [6.07, 6.45) is 2.05. The first-order valence-electron chi connectivity index (χ1n) is 5.31. The van der Waals surface area contributed by atoms with E-state index in [1.54, 1.807) is 6.20 Å². The Hall–Kier alpha value is -1.11. The van der Waals surface area contributed by atoms with Gasteiger partial charge in [-0.15, -0.1) is 12.4 Å². The number of halogens is 3. The normalized spacial score (nSPS) is 12.0. The van der Waals surface area contributed by atoms with E-state index in [1.807, 2.05) is 0 Å². The molecule has 1 aromatic carbocycles. The lowest BCUT2D eigenvalue weighted by atomic mass is 10.1. The van der Waals surface area contributed by atoms with Crippen LogP contribution in [0.5, 0.6) is 0 Å². The first kappa shape index (κ1) is 15.9. The molecule has 0 spiro atoms. The van der Waals surface area contributed by atoms with Gasteiger partial charge in [-0.05, 0) is 33.6 Å². The number of nitrogens with one attached hydrogen (secondary N) is 1. The number of hydrogen-bond acceptors (Lipinski definition) is 3. The number of aromatic nitrogens is 1. The third-order valence-electron chi connectivity index (χ3n) is 2.72. The van der Waals surface area contributed by atoms with Crippen molar-refractivity contribution in [2.75, 3.05) is 7.11 Å². The van der Waals surface area contributed by atoms with Crippen LogP contribution >= 0.6 is 28.3 Å². The highest BCUT2D eigenvalue weighted by Crippen LogP contribution is 2.29. The molecule has 0 radical (unpaired) electrons. The number of carbonyl (C=O) groups excluding carboxylic acids is 1. The Balaban J connectivity index is 0.00000180. The molecule has 2 aromatic rings. The van der Waals surface area contributed by atoms with Crippen LogP contribution < -0.4 is 5.73 Å². The van der Waals surface area contributed by atoms with Crippen molar-refractivity contribution in [2.45, 2.75) is 12.5 Å². The Morgan fingerprint density at radius 2 is 2.26 bits per heavy atom. The molecule has 0 bridgehead atoms. The van der Waals surface area contributed by atoms with Gasteiger partial charge in [0.05, 0.1) is 7.11 Å². The lowest BCUT2D eigenvalue weighted by Crippen LogP contribution is -2.33. The van der Waals surface area contributed by atoms with E-state index in [0.717, 1.165) is 10.9 Å². The molecular formula is C12H13BrClFN2O2. The predicted molar refractivity (Wildman–Crippen MR) is 76.9 cm³/mol. The first-order chi connectivity index (χ1) is 8.52. The molecule has 4 nitrogen and oxygen atoms in total. The van der Waals surface area contributed by atoms with Gasteiger partial charge in [-0.1, -0.05) is 0 Å². The summed E-state index contributed by atoms with van der Waals surface area (Å²) >= 11 is 3.30. The van der Waals surface area contributed by atoms with Crippen LogP contribution in [0.25, 0.3) is 10.9 Å². The molecule has 0 aliphatic rings. The number of aromatic amines is 1. The molecule has 0 amide bonds. The number of fused-ring (bicyclic) bond motifs is 1. The van der Waals surface area contributed by atoms with Gasteiger partial charge in [0.25, 0.3) is 0 Å². The monoisotopic (exact) mass is 350 g/mol. The van der Waals surface area contributed by atoms with E-state index in [2.05, 4.69) is 25.7 Å². The number of methoxy groups -OCH3 is 1. The van der Waals surface area contributed by atoms with Crippen LogP contribution in [0.2, 0.25) is 0 Å². The van der Waals surface area contributed by atoms with Crippen molar-refractivity contribution in [3.8, 4) is 0 Å². The Bertz CT molecular complexity index is 603. The molecule has 1 heterocycles. The summed E-state index contributed by atoms with van der Waals surface area (Å²) in [5.41, 5.74) is 7.22. The van der Waals surface area contributed by atoms with Crippen LogP contribution in [0.1, 0.15) is 5.56 Å². The maximum absolute atomic E-state index is 13.2. The van der Waals surface area contributed by atoms with Gasteiger partial charge in [-0.2, -0.15) is 0 Å².